The van der Waals surface area contributed by atoms with Crippen LogP contribution < -0.4 is 5.32 Å². The molecule has 4 rings (SSSR count). The van der Waals surface area contributed by atoms with Crippen LogP contribution in [0.25, 0.3) is 11.0 Å². The maximum Gasteiger partial charge on any atom is 0.258 e. The number of halogens is 1. The quantitative estimate of drug-likeness (QED) is 0.588. The van der Waals surface area contributed by atoms with Gasteiger partial charge in [0, 0.05) is 29.7 Å². The van der Waals surface area contributed by atoms with E-state index in [0.717, 1.165) is 22.3 Å². The second-order valence-electron chi connectivity index (χ2n) is 6.26. The van der Waals surface area contributed by atoms with Gasteiger partial charge < -0.3 is 5.32 Å². The highest BCUT2D eigenvalue weighted by molar-refractivity contribution is 6.30. The predicted molar refractivity (Wildman–Crippen MR) is 104 cm³/mol. The van der Waals surface area contributed by atoms with Crippen LogP contribution in [0.1, 0.15) is 21.6 Å². The Hall–Kier alpha value is -3.19. The number of fused-ring (bicyclic) bond motifs is 1. The van der Waals surface area contributed by atoms with E-state index in [9.17, 15) is 4.79 Å². The summed E-state index contributed by atoms with van der Waals surface area (Å²) in [5.74, 6) is 0.364. The van der Waals surface area contributed by atoms with Gasteiger partial charge in [-0.3, -0.25) is 9.48 Å². The minimum Gasteiger partial charge on any atom is -0.307 e. The minimum absolute atomic E-state index is 0.245. The summed E-state index contributed by atoms with van der Waals surface area (Å²) in [6, 6.07) is 11.1. The maximum absolute atomic E-state index is 12.7. The molecule has 0 bridgehead atoms. The van der Waals surface area contributed by atoms with Crippen LogP contribution in [0.4, 0.5) is 5.82 Å². The summed E-state index contributed by atoms with van der Waals surface area (Å²) in [6.45, 7) is 2.42. The third kappa shape index (κ3) is 3.41. The number of aromatic nitrogens is 5. The van der Waals surface area contributed by atoms with Crippen molar-refractivity contribution in [1.82, 2.24) is 24.5 Å². The van der Waals surface area contributed by atoms with Gasteiger partial charge in [-0.1, -0.05) is 23.7 Å². The summed E-state index contributed by atoms with van der Waals surface area (Å²) < 4.78 is 3.43. The van der Waals surface area contributed by atoms with Crippen molar-refractivity contribution >= 4 is 34.4 Å². The van der Waals surface area contributed by atoms with Gasteiger partial charge in [0.2, 0.25) is 0 Å². The van der Waals surface area contributed by atoms with Crippen molar-refractivity contribution in [2.24, 2.45) is 7.05 Å². The zero-order valence-electron chi connectivity index (χ0n) is 14.8. The Kier molecular flexibility index (Phi) is 4.37. The van der Waals surface area contributed by atoms with E-state index in [4.69, 9.17) is 11.6 Å². The molecule has 0 unspecified atom stereocenters. The molecule has 4 aromatic rings. The number of benzene rings is 1. The molecule has 0 spiro atoms. The molecular weight excluding hydrogens is 364 g/mol. The van der Waals surface area contributed by atoms with Crippen molar-refractivity contribution in [1.29, 1.82) is 0 Å². The van der Waals surface area contributed by atoms with Gasteiger partial charge in [0.05, 0.1) is 24.0 Å². The Morgan fingerprint density at radius 1 is 1.22 bits per heavy atom. The molecule has 7 nitrogen and oxygen atoms in total. The van der Waals surface area contributed by atoms with Crippen LogP contribution in [-0.2, 0) is 13.6 Å². The van der Waals surface area contributed by atoms with Crippen molar-refractivity contribution in [3.05, 3.63) is 70.6 Å². The van der Waals surface area contributed by atoms with Crippen LogP contribution >= 0.6 is 11.6 Å². The first-order chi connectivity index (χ1) is 13.0. The summed E-state index contributed by atoms with van der Waals surface area (Å²) >= 11 is 5.92. The number of rotatable bonds is 4. The van der Waals surface area contributed by atoms with Crippen molar-refractivity contribution in [2.75, 3.05) is 5.32 Å². The number of amides is 1. The summed E-state index contributed by atoms with van der Waals surface area (Å²) in [5, 5.41) is 13.1. The normalized spacial score (nSPS) is 11.1. The van der Waals surface area contributed by atoms with Gasteiger partial charge in [0.1, 0.15) is 5.82 Å². The molecule has 0 aliphatic carbocycles. The average molecular weight is 381 g/mol. The smallest absolute Gasteiger partial charge is 0.258 e. The van der Waals surface area contributed by atoms with Crippen LogP contribution in [0.15, 0.2) is 48.8 Å². The molecule has 27 heavy (non-hydrogen) atoms. The lowest BCUT2D eigenvalue weighted by molar-refractivity contribution is 0.102. The first-order valence-corrected chi connectivity index (χ1v) is 8.76. The van der Waals surface area contributed by atoms with E-state index in [-0.39, 0.29) is 5.91 Å². The molecule has 3 heterocycles. The van der Waals surface area contributed by atoms with Gasteiger partial charge in [-0.2, -0.15) is 10.2 Å². The van der Waals surface area contributed by atoms with Crippen LogP contribution in [0, 0.1) is 6.92 Å². The Morgan fingerprint density at radius 3 is 2.78 bits per heavy atom. The first-order valence-electron chi connectivity index (χ1n) is 8.38. The molecule has 8 heteroatoms. The number of nitrogens with one attached hydrogen (secondary N) is 1. The van der Waals surface area contributed by atoms with Crippen LogP contribution in [0.3, 0.4) is 0 Å². The second-order valence-corrected chi connectivity index (χ2v) is 6.70. The molecule has 1 aromatic carbocycles. The average Bonchev–Trinajstić information content (AvgIpc) is 3.21. The lowest BCUT2D eigenvalue weighted by Gasteiger charge is -2.09. The highest BCUT2D eigenvalue weighted by Crippen LogP contribution is 2.18. The van der Waals surface area contributed by atoms with Crippen molar-refractivity contribution < 1.29 is 4.79 Å². The zero-order chi connectivity index (χ0) is 19.0. The van der Waals surface area contributed by atoms with Crippen LogP contribution in [-0.4, -0.2) is 30.5 Å². The number of pyridine rings is 1. The van der Waals surface area contributed by atoms with E-state index in [1.165, 1.54) is 0 Å². The number of nitrogens with zero attached hydrogens (tertiary/aromatic N) is 5. The van der Waals surface area contributed by atoms with Gasteiger partial charge in [-0.15, -0.1) is 0 Å². The van der Waals surface area contributed by atoms with E-state index in [1.807, 2.05) is 38.2 Å². The Morgan fingerprint density at radius 2 is 2.00 bits per heavy atom. The lowest BCUT2D eigenvalue weighted by Crippen LogP contribution is -2.16. The molecule has 0 aliphatic rings. The van der Waals surface area contributed by atoms with Crippen LogP contribution in [0.5, 0.6) is 0 Å². The lowest BCUT2D eigenvalue weighted by atomic mass is 10.2. The van der Waals surface area contributed by atoms with Crippen molar-refractivity contribution in [3.8, 4) is 0 Å². The largest absolute Gasteiger partial charge is 0.307 e. The van der Waals surface area contributed by atoms with Gasteiger partial charge in [-0.25, -0.2) is 9.67 Å². The minimum atomic E-state index is -0.245. The van der Waals surface area contributed by atoms with E-state index >= 15 is 0 Å². The Bertz CT molecular complexity index is 1130. The highest BCUT2D eigenvalue weighted by atomic mass is 35.5. The topological polar surface area (TPSA) is 77.6 Å². The molecule has 3 aromatic heterocycles. The fourth-order valence-corrected chi connectivity index (χ4v) is 3.07. The van der Waals surface area contributed by atoms with Crippen LogP contribution in [0.2, 0.25) is 5.02 Å². The van der Waals surface area contributed by atoms with Gasteiger partial charge in [0.15, 0.2) is 5.65 Å². The first kappa shape index (κ1) is 17.2. The summed E-state index contributed by atoms with van der Waals surface area (Å²) in [4.78, 5) is 17.0. The Labute approximate surface area is 160 Å². The third-order valence-electron chi connectivity index (χ3n) is 4.33. The summed E-state index contributed by atoms with van der Waals surface area (Å²) in [7, 11) is 1.83. The molecule has 0 atom stereocenters. The second kappa shape index (κ2) is 6.85. The van der Waals surface area contributed by atoms with E-state index < -0.39 is 0 Å². The number of hydrogen-bond donors (Lipinski definition) is 1. The number of aryl methyl sites for hydroxylation is 2. The Balaban J connectivity index is 1.56. The fraction of sp³-hybridized carbons (Fsp3) is 0.158. The fourth-order valence-electron chi connectivity index (χ4n) is 2.95. The van der Waals surface area contributed by atoms with Gasteiger partial charge >= 0.3 is 0 Å². The van der Waals surface area contributed by atoms with Crippen molar-refractivity contribution in [3.63, 3.8) is 0 Å². The molecule has 136 valence electrons. The summed E-state index contributed by atoms with van der Waals surface area (Å²) in [6.07, 6.45) is 3.21. The third-order valence-corrected chi connectivity index (χ3v) is 4.58. The summed E-state index contributed by atoms with van der Waals surface area (Å²) in [5.41, 5.74) is 3.09. The predicted octanol–water partition coefficient (Wildman–Crippen LogP) is 3.43. The standard InChI is InChI=1S/C19H17ClN6O/c1-12-16-9-14(10-21-18(16)25(2)24-12)19(27)23-17-7-8-22-26(17)11-13-3-5-15(20)6-4-13/h3-10H,11H2,1-2H3,(H,23,27). The molecule has 0 fully saturated rings. The van der Waals surface area contributed by atoms with E-state index in [2.05, 4.69) is 20.5 Å². The van der Waals surface area contributed by atoms with E-state index in [1.54, 1.807) is 33.9 Å². The number of hydrogen-bond acceptors (Lipinski definition) is 4. The van der Waals surface area contributed by atoms with Crippen molar-refractivity contribution in [2.45, 2.75) is 13.5 Å². The monoisotopic (exact) mass is 380 g/mol. The maximum atomic E-state index is 12.7. The highest BCUT2D eigenvalue weighted by Gasteiger charge is 2.14. The molecule has 0 radical (unpaired) electrons. The number of anilines is 1. The molecule has 0 saturated heterocycles. The van der Waals surface area contributed by atoms with Gasteiger partial charge in [-0.05, 0) is 30.7 Å². The molecular formula is C19H17ClN6O. The number of carbonyl (C=O) groups is 1. The SMILES string of the molecule is Cc1nn(C)c2ncc(C(=O)Nc3ccnn3Cc3ccc(Cl)cc3)cc12. The van der Waals surface area contributed by atoms with E-state index in [0.29, 0.717) is 22.9 Å². The molecule has 0 saturated carbocycles. The van der Waals surface area contributed by atoms with Gasteiger partial charge in [0.25, 0.3) is 5.91 Å². The molecule has 1 N–H and O–H groups in total. The zero-order valence-corrected chi connectivity index (χ0v) is 15.6. The molecule has 0 aliphatic heterocycles. The molecule has 1 amide bonds. The number of carbonyl (C=O) groups excluding carboxylic acids is 1.